The van der Waals surface area contributed by atoms with Gasteiger partial charge in [0.1, 0.15) is 19.8 Å². The molecule has 0 bridgehead atoms. The number of phosphoric acid groups is 1. The van der Waals surface area contributed by atoms with Gasteiger partial charge in [-0.25, -0.2) is 0 Å². The number of allylic oxidation sites excluding steroid dienone is 36. The van der Waals surface area contributed by atoms with Crippen molar-refractivity contribution in [2.45, 2.75) is 213 Å². The summed E-state index contributed by atoms with van der Waals surface area (Å²) in [5.74, 6) is -0.937. The summed E-state index contributed by atoms with van der Waals surface area (Å²) < 4.78 is 34.2. The van der Waals surface area contributed by atoms with Gasteiger partial charge in [-0.05, 0) is 148 Å². The number of rotatable bonds is 58. The van der Waals surface area contributed by atoms with E-state index in [0.29, 0.717) is 30.3 Å². The highest BCUT2D eigenvalue weighted by molar-refractivity contribution is 7.45. The first-order chi connectivity index (χ1) is 43.0. The summed E-state index contributed by atoms with van der Waals surface area (Å²) in [4.78, 5) is 38.0. The van der Waals surface area contributed by atoms with Crippen LogP contribution in [0.1, 0.15) is 206 Å². The maximum absolute atomic E-state index is 12.8. The number of likely N-dealkylation sites (N-methyl/N-ethyl adjacent to an activating group) is 1. The molecule has 2 atom stereocenters. The minimum atomic E-state index is -4.68. The quantitative estimate of drug-likeness (QED) is 0.0195. The molecule has 490 valence electrons. The van der Waals surface area contributed by atoms with E-state index in [-0.39, 0.29) is 26.1 Å². The van der Waals surface area contributed by atoms with Gasteiger partial charge in [-0.3, -0.25) is 14.2 Å². The lowest BCUT2D eigenvalue weighted by atomic mass is 10.1. The Morgan fingerprint density at radius 3 is 0.943 bits per heavy atom. The molecule has 0 amide bonds. The maximum Gasteiger partial charge on any atom is 0.306 e. The van der Waals surface area contributed by atoms with E-state index in [2.05, 4.69) is 227 Å². The first-order valence-electron chi connectivity index (χ1n) is 33.4. The Kier molecular flexibility index (Phi) is 61.5. The average molecular weight is 1230 g/mol. The predicted octanol–water partition coefficient (Wildman–Crippen LogP) is 21.4. The Morgan fingerprint density at radius 2 is 0.625 bits per heavy atom. The van der Waals surface area contributed by atoms with E-state index in [9.17, 15) is 19.0 Å². The third-order valence-corrected chi connectivity index (χ3v) is 14.0. The lowest BCUT2D eigenvalue weighted by Gasteiger charge is -2.28. The van der Waals surface area contributed by atoms with E-state index in [0.717, 1.165) is 154 Å². The molecule has 0 aliphatic carbocycles. The van der Waals surface area contributed by atoms with Gasteiger partial charge in [-0.2, -0.15) is 0 Å². The van der Waals surface area contributed by atoms with E-state index in [1.54, 1.807) is 0 Å². The van der Waals surface area contributed by atoms with Crippen molar-refractivity contribution >= 4 is 19.8 Å². The summed E-state index contributed by atoms with van der Waals surface area (Å²) in [5.41, 5.74) is 0. The minimum Gasteiger partial charge on any atom is -0.756 e. The molecule has 0 spiro atoms. The second kappa shape index (κ2) is 65.8. The number of hydrogen-bond acceptors (Lipinski definition) is 8. The molecule has 0 saturated carbocycles. The molecule has 10 heteroatoms. The lowest BCUT2D eigenvalue weighted by Crippen LogP contribution is -2.37. The van der Waals surface area contributed by atoms with Crippen LogP contribution in [0.5, 0.6) is 0 Å². The topological polar surface area (TPSA) is 111 Å². The molecule has 0 aromatic rings. The van der Waals surface area contributed by atoms with Gasteiger partial charge in [0.25, 0.3) is 7.82 Å². The monoisotopic (exact) mass is 1230 g/mol. The van der Waals surface area contributed by atoms with E-state index >= 15 is 0 Å². The van der Waals surface area contributed by atoms with Crippen LogP contribution >= 0.6 is 7.82 Å². The second-order valence-corrected chi connectivity index (χ2v) is 23.8. The molecule has 0 N–H and O–H groups in total. The first kappa shape index (κ1) is 82.3. The van der Waals surface area contributed by atoms with E-state index in [1.807, 2.05) is 27.2 Å². The zero-order valence-corrected chi connectivity index (χ0v) is 56.5. The summed E-state index contributed by atoms with van der Waals surface area (Å²) in [6.07, 6.45) is 106. The predicted molar refractivity (Wildman–Crippen MR) is 378 cm³/mol. The molecule has 0 aliphatic rings. The van der Waals surface area contributed by atoms with Crippen LogP contribution in [0.3, 0.4) is 0 Å². The number of quaternary nitrogens is 1. The number of ether oxygens (including phenoxy) is 2. The highest BCUT2D eigenvalue weighted by atomic mass is 31.2. The molecular weight excluding hydrogens is 1110 g/mol. The highest BCUT2D eigenvalue weighted by Gasteiger charge is 2.21. The fourth-order valence-corrected chi connectivity index (χ4v) is 8.67. The van der Waals surface area contributed by atoms with Crippen LogP contribution in [0.2, 0.25) is 0 Å². The van der Waals surface area contributed by atoms with Crippen molar-refractivity contribution < 1.29 is 42.1 Å². The molecule has 0 aromatic heterocycles. The Bertz CT molecular complexity index is 2280. The molecule has 2 unspecified atom stereocenters. The standard InChI is InChI=1S/C78H120NO8P/c1-6-8-10-12-14-16-18-20-22-24-26-28-30-32-34-36-37-38-39-40-41-43-45-47-49-51-53-55-57-59-61-63-65-67-69-71-78(81)87-76(75-86-88(82,83)85-73-72-79(3,4)5)74-84-77(80)70-68-66-64-62-60-58-56-54-52-50-48-46-44-42-35-33-31-29-27-25-23-21-19-17-15-13-11-9-7-2/h8-11,14-17,20-23,26-29,32-35,37-38,40-41,44-47,50-53,56,58,62,64,76H,6-7,12-13,18-19,24-25,30-31,36,39,42-43,48-49,54-55,57,59-61,63,65-75H2,1-5H3/b10-8-,11-9-,16-14-,17-15-,22-20-,23-21-,28-26-,29-27-,34-32-,35-33-,38-37-,41-40-,46-44-,47-45-,52-50-,53-51-,58-56-,64-62-. The minimum absolute atomic E-state index is 0.0558. The lowest BCUT2D eigenvalue weighted by molar-refractivity contribution is -0.870. The summed E-state index contributed by atoms with van der Waals surface area (Å²) in [6.45, 7) is 3.89. The Labute approximate surface area is 538 Å². The first-order valence-corrected chi connectivity index (χ1v) is 34.9. The summed E-state index contributed by atoms with van der Waals surface area (Å²) in [5, 5.41) is 0. The van der Waals surface area contributed by atoms with E-state index in [4.69, 9.17) is 18.5 Å². The van der Waals surface area contributed by atoms with Gasteiger partial charge in [-0.15, -0.1) is 0 Å². The van der Waals surface area contributed by atoms with Crippen LogP contribution in [0.4, 0.5) is 0 Å². The number of phosphoric ester groups is 1. The molecule has 88 heavy (non-hydrogen) atoms. The third-order valence-electron chi connectivity index (χ3n) is 13.0. The van der Waals surface area contributed by atoms with Crippen molar-refractivity contribution in [1.82, 2.24) is 0 Å². The van der Waals surface area contributed by atoms with Crippen LogP contribution < -0.4 is 4.89 Å². The molecule has 0 rings (SSSR count). The molecule has 9 nitrogen and oxygen atoms in total. The number of unbranched alkanes of at least 4 members (excludes halogenated alkanes) is 8. The van der Waals surface area contributed by atoms with Crippen molar-refractivity contribution in [3.63, 3.8) is 0 Å². The van der Waals surface area contributed by atoms with Crippen molar-refractivity contribution in [1.29, 1.82) is 0 Å². The molecule has 0 aromatic carbocycles. The van der Waals surface area contributed by atoms with Crippen molar-refractivity contribution in [3.8, 4) is 0 Å². The highest BCUT2D eigenvalue weighted by Crippen LogP contribution is 2.38. The van der Waals surface area contributed by atoms with Crippen LogP contribution in [0, 0.1) is 0 Å². The summed E-state index contributed by atoms with van der Waals surface area (Å²) in [6, 6.07) is 0. The number of carbonyl (C=O) groups excluding carboxylic acids is 2. The van der Waals surface area contributed by atoms with Crippen LogP contribution in [-0.2, 0) is 32.7 Å². The normalized spacial score (nSPS) is 14.6. The second-order valence-electron chi connectivity index (χ2n) is 22.4. The molecular formula is C78H120NO8P. The number of carbonyl (C=O) groups is 2. The van der Waals surface area contributed by atoms with Crippen LogP contribution in [-0.4, -0.2) is 70.0 Å². The Hall–Kier alpha value is -5.67. The summed E-state index contributed by atoms with van der Waals surface area (Å²) >= 11 is 0. The van der Waals surface area contributed by atoms with Crippen molar-refractivity contribution in [2.75, 3.05) is 47.5 Å². The fraction of sp³-hybridized carbons (Fsp3) is 0.513. The smallest absolute Gasteiger partial charge is 0.306 e. The molecule has 0 heterocycles. The largest absolute Gasteiger partial charge is 0.756 e. The van der Waals surface area contributed by atoms with Gasteiger partial charge in [0.2, 0.25) is 0 Å². The van der Waals surface area contributed by atoms with Gasteiger partial charge in [0.15, 0.2) is 6.10 Å². The van der Waals surface area contributed by atoms with Crippen LogP contribution in [0.25, 0.3) is 0 Å². The zero-order valence-electron chi connectivity index (χ0n) is 55.6. The van der Waals surface area contributed by atoms with E-state index < -0.39 is 32.5 Å². The Balaban J connectivity index is 4.30. The average Bonchev–Trinajstić information content (AvgIpc) is 3.57. The SMILES string of the molecule is CC/C=C\C/C=C\C/C=C\C/C=C\C/C=C\C/C=C\C/C=C\C/C=C\C/C=C\CCCCCCCCCC(=O)OC(COC(=O)CCC/C=C\C/C=C\C/C=C\C/C=C\C/C=C\C/C=C\C/C=C\C/C=C\C/C=C\CC)COP(=O)([O-])OCC[N+](C)(C)C. The van der Waals surface area contributed by atoms with Gasteiger partial charge in [0, 0.05) is 12.8 Å². The summed E-state index contributed by atoms with van der Waals surface area (Å²) in [7, 11) is 1.09. The third kappa shape index (κ3) is 69.4. The van der Waals surface area contributed by atoms with Crippen molar-refractivity contribution in [3.05, 3.63) is 219 Å². The fourth-order valence-electron chi connectivity index (χ4n) is 7.94. The molecule has 0 aliphatic heterocycles. The molecule has 0 saturated heterocycles. The molecule has 0 radical (unpaired) electrons. The number of hydrogen-bond donors (Lipinski definition) is 0. The Morgan fingerprint density at radius 1 is 0.352 bits per heavy atom. The van der Waals surface area contributed by atoms with Gasteiger partial charge in [-0.1, -0.05) is 265 Å². The molecule has 0 fully saturated rings. The maximum atomic E-state index is 12.8. The van der Waals surface area contributed by atoms with Crippen LogP contribution in [0.15, 0.2) is 219 Å². The number of esters is 2. The van der Waals surface area contributed by atoms with Gasteiger partial charge >= 0.3 is 11.9 Å². The zero-order chi connectivity index (χ0) is 64.1. The van der Waals surface area contributed by atoms with Crippen molar-refractivity contribution in [2.24, 2.45) is 0 Å². The number of nitrogens with zero attached hydrogens (tertiary/aromatic N) is 1. The van der Waals surface area contributed by atoms with Gasteiger partial charge < -0.3 is 27.9 Å². The van der Waals surface area contributed by atoms with Gasteiger partial charge in [0.05, 0.1) is 27.7 Å². The van der Waals surface area contributed by atoms with E-state index in [1.165, 1.54) is 6.42 Å².